The van der Waals surface area contributed by atoms with Crippen molar-refractivity contribution in [1.29, 1.82) is 0 Å². The quantitative estimate of drug-likeness (QED) is 0.843. The molecule has 0 saturated carbocycles. The first kappa shape index (κ1) is 15.0. The molecule has 2 N–H and O–H groups in total. The zero-order valence-corrected chi connectivity index (χ0v) is 12.2. The Kier molecular flexibility index (Phi) is 5.63. The molecule has 102 valence electrons. The van der Waals surface area contributed by atoms with E-state index in [0.717, 1.165) is 24.4 Å². The topological polar surface area (TPSA) is 38.5 Å². The maximum atomic E-state index is 5.94. The van der Waals surface area contributed by atoms with Gasteiger partial charge in [-0.25, -0.2) is 0 Å². The van der Waals surface area contributed by atoms with E-state index in [0.29, 0.717) is 6.04 Å². The summed E-state index contributed by atoms with van der Waals surface area (Å²) in [5, 5.41) is 0. The Morgan fingerprint density at radius 3 is 2.39 bits per heavy atom. The number of hydrogen-bond acceptors (Lipinski definition) is 3. The predicted molar refractivity (Wildman–Crippen MR) is 76.8 cm³/mol. The minimum absolute atomic E-state index is 0.0591. The summed E-state index contributed by atoms with van der Waals surface area (Å²) in [6, 6.07) is 6.80. The fraction of sp³-hybridized carbons (Fsp3) is 0.600. The summed E-state index contributed by atoms with van der Waals surface area (Å²) in [5.41, 5.74) is 8.31. The monoisotopic (exact) mass is 250 g/mol. The molecule has 0 heterocycles. The minimum Gasteiger partial charge on any atom is -0.496 e. The molecule has 0 radical (unpaired) electrons. The number of nitrogens with zero attached hydrogens (tertiary/aromatic N) is 1. The van der Waals surface area contributed by atoms with Crippen LogP contribution in [0.1, 0.15) is 44.9 Å². The zero-order chi connectivity index (χ0) is 13.7. The van der Waals surface area contributed by atoms with Gasteiger partial charge >= 0.3 is 0 Å². The maximum Gasteiger partial charge on any atom is 0.123 e. The molecule has 3 heteroatoms. The highest BCUT2D eigenvalue weighted by Crippen LogP contribution is 2.24. The van der Waals surface area contributed by atoms with Crippen LogP contribution in [0.15, 0.2) is 18.2 Å². The number of methoxy groups -OCH3 is 1. The van der Waals surface area contributed by atoms with Gasteiger partial charge in [0.05, 0.1) is 7.11 Å². The Balaban J connectivity index is 3.00. The Morgan fingerprint density at radius 1 is 1.28 bits per heavy atom. The van der Waals surface area contributed by atoms with Gasteiger partial charge < -0.3 is 10.5 Å². The van der Waals surface area contributed by atoms with E-state index in [4.69, 9.17) is 10.5 Å². The van der Waals surface area contributed by atoms with Crippen LogP contribution in [-0.4, -0.2) is 24.6 Å². The van der Waals surface area contributed by atoms with E-state index in [-0.39, 0.29) is 6.04 Å². The third-order valence-corrected chi connectivity index (χ3v) is 3.34. The maximum absolute atomic E-state index is 5.94. The van der Waals surface area contributed by atoms with Gasteiger partial charge in [-0.15, -0.1) is 0 Å². The van der Waals surface area contributed by atoms with Gasteiger partial charge in [0.25, 0.3) is 0 Å². The lowest BCUT2D eigenvalue weighted by Gasteiger charge is -2.26. The third kappa shape index (κ3) is 3.72. The summed E-state index contributed by atoms with van der Waals surface area (Å²) in [6.07, 6.45) is 0. The van der Waals surface area contributed by atoms with Crippen LogP contribution in [0.4, 0.5) is 0 Å². The van der Waals surface area contributed by atoms with Crippen molar-refractivity contribution in [3.63, 3.8) is 0 Å². The van der Waals surface area contributed by atoms with E-state index >= 15 is 0 Å². The van der Waals surface area contributed by atoms with Crippen LogP contribution >= 0.6 is 0 Å². The molecule has 0 bridgehead atoms. The van der Waals surface area contributed by atoms with Gasteiger partial charge in [0.15, 0.2) is 0 Å². The summed E-state index contributed by atoms with van der Waals surface area (Å²) in [6.45, 7) is 10.5. The molecule has 1 aromatic carbocycles. The lowest BCUT2D eigenvalue weighted by atomic mass is 10.0. The molecule has 18 heavy (non-hydrogen) atoms. The van der Waals surface area contributed by atoms with Crippen molar-refractivity contribution in [3.05, 3.63) is 29.3 Å². The van der Waals surface area contributed by atoms with Crippen LogP contribution in [0.3, 0.4) is 0 Å². The van der Waals surface area contributed by atoms with Crippen LogP contribution in [-0.2, 0) is 6.54 Å². The smallest absolute Gasteiger partial charge is 0.123 e. The largest absolute Gasteiger partial charge is 0.496 e. The van der Waals surface area contributed by atoms with Crippen molar-refractivity contribution < 1.29 is 4.74 Å². The average Bonchev–Trinajstić information content (AvgIpc) is 2.35. The first-order chi connectivity index (χ1) is 8.49. The van der Waals surface area contributed by atoms with Crippen LogP contribution in [0.25, 0.3) is 0 Å². The molecular weight excluding hydrogens is 224 g/mol. The van der Waals surface area contributed by atoms with Crippen molar-refractivity contribution in [2.75, 3.05) is 13.7 Å². The summed E-state index contributed by atoms with van der Waals surface area (Å²) in [4.78, 5) is 2.41. The van der Waals surface area contributed by atoms with Gasteiger partial charge in [-0.05, 0) is 45.0 Å². The van der Waals surface area contributed by atoms with E-state index in [2.05, 4.69) is 31.7 Å². The fourth-order valence-electron chi connectivity index (χ4n) is 2.08. The molecule has 1 atom stereocenters. The second-order valence-electron chi connectivity index (χ2n) is 5.02. The number of nitrogens with two attached hydrogens (primary N) is 1. The van der Waals surface area contributed by atoms with Gasteiger partial charge in [-0.3, -0.25) is 4.90 Å². The molecule has 0 aliphatic carbocycles. The fourth-order valence-corrected chi connectivity index (χ4v) is 2.08. The van der Waals surface area contributed by atoms with E-state index in [9.17, 15) is 0 Å². The standard InChI is InChI=1S/C15H26N2O/c1-6-17(11(2)3)10-14-9-13(12(4)16)7-8-15(14)18-5/h7-9,11-12H,6,10,16H2,1-5H3. The predicted octanol–water partition coefficient (Wildman–Crippen LogP) is 2.95. The minimum atomic E-state index is 0.0591. The van der Waals surface area contributed by atoms with Gasteiger partial charge in [0, 0.05) is 24.2 Å². The van der Waals surface area contributed by atoms with Crippen molar-refractivity contribution in [2.24, 2.45) is 5.73 Å². The Hall–Kier alpha value is -1.06. The number of benzene rings is 1. The normalized spacial score (nSPS) is 13.1. The van der Waals surface area contributed by atoms with Gasteiger partial charge in [-0.2, -0.15) is 0 Å². The molecule has 0 aromatic heterocycles. The van der Waals surface area contributed by atoms with Crippen LogP contribution < -0.4 is 10.5 Å². The summed E-state index contributed by atoms with van der Waals surface area (Å²) < 4.78 is 5.44. The molecule has 0 saturated heterocycles. The first-order valence-electron chi connectivity index (χ1n) is 6.66. The molecule has 3 nitrogen and oxygen atoms in total. The molecule has 0 aliphatic heterocycles. The van der Waals surface area contributed by atoms with Gasteiger partial charge in [-0.1, -0.05) is 13.0 Å². The highest BCUT2D eigenvalue weighted by molar-refractivity contribution is 5.38. The molecule has 1 unspecified atom stereocenters. The molecule has 1 aromatic rings. The van der Waals surface area contributed by atoms with E-state index in [1.165, 1.54) is 5.56 Å². The van der Waals surface area contributed by atoms with E-state index < -0.39 is 0 Å². The number of ether oxygens (including phenoxy) is 1. The highest BCUT2D eigenvalue weighted by atomic mass is 16.5. The highest BCUT2D eigenvalue weighted by Gasteiger charge is 2.12. The summed E-state index contributed by atoms with van der Waals surface area (Å²) in [7, 11) is 1.72. The van der Waals surface area contributed by atoms with Gasteiger partial charge in [0.1, 0.15) is 5.75 Å². The zero-order valence-electron chi connectivity index (χ0n) is 12.2. The molecule has 1 rings (SSSR count). The van der Waals surface area contributed by atoms with Crippen molar-refractivity contribution in [3.8, 4) is 5.75 Å². The molecular formula is C15H26N2O. The lowest BCUT2D eigenvalue weighted by Crippen LogP contribution is -2.30. The molecule has 0 fully saturated rings. The molecule has 0 aliphatic rings. The average molecular weight is 250 g/mol. The molecule has 0 spiro atoms. The van der Waals surface area contributed by atoms with E-state index in [1.54, 1.807) is 7.11 Å². The van der Waals surface area contributed by atoms with Crippen molar-refractivity contribution in [1.82, 2.24) is 4.90 Å². The third-order valence-electron chi connectivity index (χ3n) is 3.34. The first-order valence-corrected chi connectivity index (χ1v) is 6.66. The van der Waals surface area contributed by atoms with Gasteiger partial charge in [0.2, 0.25) is 0 Å². The van der Waals surface area contributed by atoms with Crippen molar-refractivity contribution >= 4 is 0 Å². The van der Waals surface area contributed by atoms with Crippen LogP contribution in [0.2, 0.25) is 0 Å². The number of hydrogen-bond donors (Lipinski definition) is 1. The number of rotatable bonds is 6. The van der Waals surface area contributed by atoms with Crippen LogP contribution in [0, 0.1) is 0 Å². The van der Waals surface area contributed by atoms with Crippen LogP contribution in [0.5, 0.6) is 5.75 Å². The Bertz CT molecular complexity index is 375. The van der Waals surface area contributed by atoms with E-state index in [1.807, 2.05) is 19.1 Å². The Morgan fingerprint density at radius 2 is 1.94 bits per heavy atom. The SMILES string of the molecule is CCN(Cc1cc(C(C)N)ccc1OC)C(C)C. The second kappa shape index (κ2) is 6.76. The second-order valence-corrected chi connectivity index (χ2v) is 5.02. The summed E-state index contributed by atoms with van der Waals surface area (Å²) in [5.74, 6) is 0.943. The summed E-state index contributed by atoms with van der Waals surface area (Å²) >= 11 is 0. The Labute approximate surface area is 111 Å². The molecule has 0 amide bonds. The van der Waals surface area contributed by atoms with Crippen molar-refractivity contribution in [2.45, 2.75) is 46.3 Å². The lowest BCUT2D eigenvalue weighted by molar-refractivity contribution is 0.221.